The zero-order valence-electron chi connectivity index (χ0n) is 11.5. The van der Waals surface area contributed by atoms with E-state index in [0.29, 0.717) is 16.4 Å². The van der Waals surface area contributed by atoms with E-state index in [9.17, 15) is 18.0 Å². The maximum Gasteiger partial charge on any atom is 0.396 e. The molecule has 112 valence electrons. The Bertz CT molecular complexity index is 671. The van der Waals surface area contributed by atoms with Crippen molar-refractivity contribution >= 4 is 17.4 Å². The standard InChI is InChI=1S/C15H13ClF3NO/c1-9-7-13(14(21)8-15(17,18)19)10(2)20(9)12-5-3-11(16)4-6-12/h3-7H,8H2,1-2H3. The summed E-state index contributed by atoms with van der Waals surface area (Å²) in [6.45, 7) is 3.37. The summed E-state index contributed by atoms with van der Waals surface area (Å²) in [6.07, 6.45) is -5.95. The van der Waals surface area contributed by atoms with Gasteiger partial charge in [-0.05, 0) is 44.2 Å². The van der Waals surface area contributed by atoms with E-state index in [0.717, 1.165) is 5.69 Å². The van der Waals surface area contributed by atoms with Crippen LogP contribution in [0.15, 0.2) is 30.3 Å². The Morgan fingerprint density at radius 2 is 1.76 bits per heavy atom. The lowest BCUT2D eigenvalue weighted by Gasteiger charge is -2.10. The van der Waals surface area contributed by atoms with E-state index in [1.807, 2.05) is 0 Å². The van der Waals surface area contributed by atoms with Gasteiger partial charge in [0, 0.05) is 27.7 Å². The van der Waals surface area contributed by atoms with Gasteiger partial charge in [-0.1, -0.05) is 11.6 Å². The second kappa shape index (κ2) is 5.56. The summed E-state index contributed by atoms with van der Waals surface area (Å²) < 4.78 is 38.8. The van der Waals surface area contributed by atoms with E-state index in [1.54, 1.807) is 42.7 Å². The van der Waals surface area contributed by atoms with Gasteiger partial charge in [0.2, 0.25) is 0 Å². The summed E-state index contributed by atoms with van der Waals surface area (Å²) in [4.78, 5) is 11.8. The van der Waals surface area contributed by atoms with E-state index in [2.05, 4.69) is 0 Å². The first-order valence-corrected chi connectivity index (χ1v) is 6.61. The lowest BCUT2D eigenvalue weighted by molar-refractivity contribution is -0.125. The highest BCUT2D eigenvalue weighted by Gasteiger charge is 2.33. The molecule has 0 saturated carbocycles. The van der Waals surface area contributed by atoms with Crippen LogP contribution in [0.2, 0.25) is 5.02 Å². The second-order valence-electron chi connectivity index (χ2n) is 4.81. The highest BCUT2D eigenvalue weighted by molar-refractivity contribution is 6.30. The molecule has 2 nitrogen and oxygen atoms in total. The average Bonchev–Trinajstić information content (AvgIpc) is 2.64. The van der Waals surface area contributed by atoms with Gasteiger partial charge in [-0.25, -0.2) is 0 Å². The van der Waals surface area contributed by atoms with Gasteiger partial charge < -0.3 is 4.57 Å². The number of rotatable bonds is 3. The van der Waals surface area contributed by atoms with Gasteiger partial charge >= 0.3 is 6.18 Å². The minimum Gasteiger partial charge on any atom is -0.318 e. The fourth-order valence-electron chi connectivity index (χ4n) is 2.31. The molecule has 0 aliphatic carbocycles. The van der Waals surface area contributed by atoms with Crippen LogP contribution in [0.25, 0.3) is 5.69 Å². The van der Waals surface area contributed by atoms with Crippen molar-refractivity contribution in [3.8, 4) is 5.69 Å². The molecule has 2 rings (SSSR count). The molecule has 0 aliphatic rings. The first-order valence-electron chi connectivity index (χ1n) is 6.24. The Morgan fingerprint density at radius 3 is 2.29 bits per heavy atom. The zero-order chi connectivity index (χ0) is 15.8. The fourth-order valence-corrected chi connectivity index (χ4v) is 2.44. The Hall–Kier alpha value is -1.75. The van der Waals surface area contributed by atoms with Gasteiger partial charge in [0.05, 0.1) is 0 Å². The monoisotopic (exact) mass is 315 g/mol. The molecule has 0 N–H and O–H groups in total. The van der Waals surface area contributed by atoms with Crippen LogP contribution in [0, 0.1) is 13.8 Å². The van der Waals surface area contributed by atoms with E-state index >= 15 is 0 Å². The van der Waals surface area contributed by atoms with E-state index in [1.165, 1.54) is 6.07 Å². The molecule has 6 heteroatoms. The number of benzene rings is 1. The fraction of sp³-hybridized carbons (Fsp3) is 0.267. The lowest BCUT2D eigenvalue weighted by atomic mass is 10.1. The lowest BCUT2D eigenvalue weighted by Crippen LogP contribution is -2.15. The molecule has 0 atom stereocenters. The van der Waals surface area contributed by atoms with Gasteiger partial charge in [-0.3, -0.25) is 4.79 Å². The topological polar surface area (TPSA) is 22.0 Å². The predicted molar refractivity (Wildman–Crippen MR) is 75.3 cm³/mol. The number of alkyl halides is 3. The molecular formula is C15H13ClF3NO. The molecule has 1 heterocycles. The highest BCUT2D eigenvalue weighted by Crippen LogP contribution is 2.27. The van der Waals surface area contributed by atoms with Crippen molar-refractivity contribution in [3.05, 3.63) is 52.3 Å². The number of hydrogen-bond acceptors (Lipinski definition) is 1. The van der Waals surface area contributed by atoms with Crippen molar-refractivity contribution in [3.63, 3.8) is 0 Å². The Balaban J connectivity index is 2.42. The molecule has 1 aromatic heterocycles. The first kappa shape index (κ1) is 15.6. The summed E-state index contributed by atoms with van der Waals surface area (Å²) in [5, 5.41) is 0.564. The third-order valence-corrected chi connectivity index (χ3v) is 3.43. The average molecular weight is 316 g/mol. The summed E-state index contributed by atoms with van der Waals surface area (Å²) in [5.74, 6) is -0.921. The molecule has 0 bridgehead atoms. The third kappa shape index (κ3) is 3.47. The van der Waals surface area contributed by atoms with Gasteiger partial charge in [-0.2, -0.15) is 13.2 Å². The van der Waals surface area contributed by atoms with Crippen LogP contribution < -0.4 is 0 Å². The number of hydrogen-bond donors (Lipinski definition) is 0. The minimum absolute atomic E-state index is 0.0970. The van der Waals surface area contributed by atoms with Crippen LogP contribution in [0.5, 0.6) is 0 Å². The number of ketones is 1. The largest absolute Gasteiger partial charge is 0.396 e. The van der Waals surface area contributed by atoms with Gasteiger partial charge in [0.15, 0.2) is 5.78 Å². The summed E-state index contributed by atoms with van der Waals surface area (Å²) in [7, 11) is 0. The number of aromatic nitrogens is 1. The summed E-state index contributed by atoms with van der Waals surface area (Å²) >= 11 is 5.82. The van der Waals surface area contributed by atoms with E-state index < -0.39 is 18.4 Å². The summed E-state index contributed by atoms with van der Waals surface area (Å²) in [6, 6.07) is 8.36. The molecule has 1 aromatic carbocycles. The van der Waals surface area contributed by atoms with Crippen LogP contribution in [-0.4, -0.2) is 16.5 Å². The number of aryl methyl sites for hydroxylation is 1. The van der Waals surface area contributed by atoms with Crippen molar-refractivity contribution in [2.75, 3.05) is 0 Å². The zero-order valence-corrected chi connectivity index (χ0v) is 12.2. The van der Waals surface area contributed by atoms with Crippen LogP contribution in [0.1, 0.15) is 28.2 Å². The SMILES string of the molecule is Cc1cc(C(=O)CC(F)(F)F)c(C)n1-c1ccc(Cl)cc1. The first-order chi connectivity index (χ1) is 9.69. The van der Waals surface area contributed by atoms with E-state index in [4.69, 9.17) is 11.6 Å². The van der Waals surface area contributed by atoms with Crippen LogP contribution >= 0.6 is 11.6 Å². The Morgan fingerprint density at radius 1 is 1.19 bits per heavy atom. The van der Waals surface area contributed by atoms with Crippen LogP contribution in [0.4, 0.5) is 13.2 Å². The highest BCUT2D eigenvalue weighted by atomic mass is 35.5. The number of halogens is 4. The molecule has 0 spiro atoms. The van der Waals surface area contributed by atoms with Crippen molar-refractivity contribution in [1.29, 1.82) is 0 Å². The molecule has 0 radical (unpaired) electrons. The number of nitrogens with zero attached hydrogens (tertiary/aromatic N) is 1. The van der Waals surface area contributed by atoms with Crippen LogP contribution in [0.3, 0.4) is 0 Å². The number of carbonyl (C=O) groups excluding carboxylic acids is 1. The van der Waals surface area contributed by atoms with Crippen LogP contribution in [-0.2, 0) is 0 Å². The van der Waals surface area contributed by atoms with Crippen molar-refractivity contribution in [2.45, 2.75) is 26.4 Å². The van der Waals surface area contributed by atoms with Gasteiger partial charge in [0.25, 0.3) is 0 Å². The van der Waals surface area contributed by atoms with Gasteiger partial charge in [-0.15, -0.1) is 0 Å². The maximum atomic E-state index is 12.4. The molecule has 2 aromatic rings. The smallest absolute Gasteiger partial charge is 0.318 e. The van der Waals surface area contributed by atoms with E-state index in [-0.39, 0.29) is 5.56 Å². The van der Waals surface area contributed by atoms with Crippen molar-refractivity contribution in [2.24, 2.45) is 0 Å². The van der Waals surface area contributed by atoms with Crippen molar-refractivity contribution < 1.29 is 18.0 Å². The number of carbonyl (C=O) groups is 1. The molecule has 0 unspecified atom stereocenters. The summed E-state index contributed by atoms with van der Waals surface area (Å²) in [5.41, 5.74) is 2.03. The second-order valence-corrected chi connectivity index (χ2v) is 5.25. The third-order valence-electron chi connectivity index (χ3n) is 3.18. The molecular weight excluding hydrogens is 303 g/mol. The molecule has 0 saturated heterocycles. The molecule has 21 heavy (non-hydrogen) atoms. The normalized spacial score (nSPS) is 11.7. The number of Topliss-reactive ketones (excluding diaryl/α,β-unsaturated/α-hetero) is 1. The Kier molecular flexibility index (Phi) is 4.14. The van der Waals surface area contributed by atoms with Gasteiger partial charge in [0.1, 0.15) is 6.42 Å². The maximum absolute atomic E-state index is 12.4. The predicted octanol–water partition coefficient (Wildman–Crippen LogP) is 4.88. The molecule has 0 aliphatic heterocycles. The van der Waals surface area contributed by atoms with Crippen molar-refractivity contribution in [1.82, 2.24) is 4.57 Å². The molecule has 0 fully saturated rings. The quantitative estimate of drug-likeness (QED) is 0.740. The minimum atomic E-state index is -4.50. The molecule has 0 amide bonds. The Labute approximate surface area is 125 Å².